The first-order valence-corrected chi connectivity index (χ1v) is 15.8. The third-order valence-corrected chi connectivity index (χ3v) is 8.63. The molecule has 0 aliphatic rings. The Bertz CT molecular complexity index is 2010. The van der Waals surface area contributed by atoms with Gasteiger partial charge in [-0.1, -0.05) is 48.5 Å². The van der Waals surface area contributed by atoms with Gasteiger partial charge in [0, 0.05) is 39.7 Å². The van der Waals surface area contributed by atoms with E-state index in [4.69, 9.17) is 0 Å². The summed E-state index contributed by atoms with van der Waals surface area (Å²) in [5, 5.41) is 0. The quantitative estimate of drug-likeness (QED) is 0.162. The van der Waals surface area contributed by atoms with Gasteiger partial charge in [0.15, 0.2) is 0 Å². The van der Waals surface area contributed by atoms with E-state index in [-0.39, 0.29) is 0 Å². The normalized spacial score (nSPS) is 10.9. The lowest BCUT2D eigenvalue weighted by Crippen LogP contribution is -2.12. The second-order valence-corrected chi connectivity index (χ2v) is 12.3. The summed E-state index contributed by atoms with van der Waals surface area (Å²) in [4.78, 5) is 16.2. The van der Waals surface area contributed by atoms with Crippen LogP contribution in [-0.2, 0) is 0 Å². The Balaban J connectivity index is 1.40. The third-order valence-electron chi connectivity index (χ3n) is 8.63. The van der Waals surface area contributed by atoms with Crippen LogP contribution in [0.15, 0.2) is 127 Å². The maximum absolute atomic E-state index is 11.6. The van der Waals surface area contributed by atoms with Crippen LogP contribution in [0, 0.1) is 41.5 Å². The topological polar surface area (TPSA) is 23.6 Å². The molecule has 0 aliphatic carbocycles. The minimum atomic E-state index is 0.710. The average molecular weight is 601 g/mol. The molecule has 6 rings (SSSR count). The van der Waals surface area contributed by atoms with Crippen molar-refractivity contribution in [3.63, 3.8) is 0 Å². The van der Waals surface area contributed by atoms with E-state index in [2.05, 4.69) is 160 Å². The number of rotatable bonds is 8. The van der Waals surface area contributed by atoms with Crippen molar-refractivity contribution in [1.29, 1.82) is 0 Å². The van der Waals surface area contributed by atoms with Crippen molar-refractivity contribution >= 4 is 40.4 Å². The number of benzene rings is 6. The zero-order valence-corrected chi connectivity index (χ0v) is 27.5. The molecule has 0 N–H and O–H groups in total. The van der Waals surface area contributed by atoms with Crippen LogP contribution < -0.4 is 9.80 Å². The highest BCUT2D eigenvalue weighted by Gasteiger charge is 2.18. The molecule has 46 heavy (non-hydrogen) atoms. The first-order valence-electron chi connectivity index (χ1n) is 15.8. The maximum atomic E-state index is 11.6. The average Bonchev–Trinajstić information content (AvgIpc) is 3.03. The zero-order chi connectivity index (χ0) is 32.4. The number of carbonyl (C=O) groups is 1. The molecule has 0 radical (unpaired) electrons. The lowest BCUT2D eigenvalue weighted by molar-refractivity contribution is 0.112. The fraction of sp³-hybridized carbons (Fsp3) is 0.140. The number of hydrogen-bond acceptors (Lipinski definition) is 3. The Morgan fingerprint density at radius 2 is 0.826 bits per heavy atom. The van der Waals surface area contributed by atoms with Crippen molar-refractivity contribution in [2.45, 2.75) is 41.5 Å². The van der Waals surface area contributed by atoms with E-state index >= 15 is 0 Å². The van der Waals surface area contributed by atoms with E-state index in [0.29, 0.717) is 5.56 Å². The first kappa shape index (κ1) is 30.6. The van der Waals surface area contributed by atoms with E-state index < -0.39 is 0 Å². The van der Waals surface area contributed by atoms with E-state index in [1.165, 1.54) is 38.9 Å². The highest BCUT2D eigenvalue weighted by molar-refractivity contribution is 5.85. The summed E-state index contributed by atoms with van der Waals surface area (Å²) in [5.74, 6) is 0. The standard InChI is InChI=1S/C43H40N2O/c1-29-10-7-13-38(22-29)44(39-14-8-11-30(2)23-39)42-20-17-35(25-33(42)5)36-18-21-43(34(6)26-36)45(40-15-9-12-31(3)24-40)41-19-16-37(28-46)32(4)27-41/h7-28H,1-6H3. The molecule has 0 heterocycles. The van der Waals surface area contributed by atoms with Gasteiger partial charge in [-0.2, -0.15) is 0 Å². The van der Waals surface area contributed by atoms with Crippen LogP contribution in [0.1, 0.15) is 43.7 Å². The van der Waals surface area contributed by atoms with Crippen LogP contribution in [0.5, 0.6) is 0 Å². The van der Waals surface area contributed by atoms with Gasteiger partial charge >= 0.3 is 0 Å². The van der Waals surface area contributed by atoms with Crippen molar-refractivity contribution in [3.05, 3.63) is 166 Å². The Hall–Kier alpha value is -5.41. The highest BCUT2D eigenvalue weighted by Crippen LogP contribution is 2.41. The maximum Gasteiger partial charge on any atom is 0.150 e. The van der Waals surface area contributed by atoms with Gasteiger partial charge in [-0.05, 0) is 165 Å². The van der Waals surface area contributed by atoms with Crippen LogP contribution in [0.3, 0.4) is 0 Å². The second kappa shape index (κ2) is 12.9. The Labute approximate surface area is 273 Å². The fourth-order valence-corrected chi connectivity index (χ4v) is 6.26. The largest absolute Gasteiger partial charge is 0.310 e. The number of carbonyl (C=O) groups excluding carboxylic acids is 1. The second-order valence-electron chi connectivity index (χ2n) is 12.3. The van der Waals surface area contributed by atoms with E-state index in [9.17, 15) is 4.79 Å². The molecule has 0 atom stereocenters. The molecule has 0 bridgehead atoms. The van der Waals surface area contributed by atoms with Crippen molar-refractivity contribution in [1.82, 2.24) is 0 Å². The third kappa shape index (κ3) is 6.23. The molecule has 0 unspecified atom stereocenters. The van der Waals surface area contributed by atoms with Crippen molar-refractivity contribution < 1.29 is 4.79 Å². The van der Waals surface area contributed by atoms with Crippen molar-refractivity contribution in [3.8, 4) is 11.1 Å². The van der Waals surface area contributed by atoms with Gasteiger partial charge in [0.1, 0.15) is 6.29 Å². The number of anilines is 6. The molecule has 0 aromatic heterocycles. The highest BCUT2D eigenvalue weighted by atomic mass is 16.1. The Morgan fingerprint density at radius 1 is 0.413 bits per heavy atom. The van der Waals surface area contributed by atoms with Gasteiger partial charge in [0.2, 0.25) is 0 Å². The molecule has 0 amide bonds. The molecule has 0 saturated heterocycles. The summed E-state index contributed by atoms with van der Waals surface area (Å²) in [5.41, 5.74) is 16.7. The number of aldehydes is 1. The summed E-state index contributed by atoms with van der Waals surface area (Å²) in [6.07, 6.45) is 0.921. The monoisotopic (exact) mass is 600 g/mol. The van der Waals surface area contributed by atoms with Crippen LogP contribution in [0.4, 0.5) is 34.1 Å². The van der Waals surface area contributed by atoms with Crippen LogP contribution >= 0.6 is 0 Å². The molecule has 228 valence electrons. The number of nitrogens with zero attached hydrogens (tertiary/aromatic N) is 2. The van der Waals surface area contributed by atoms with Crippen LogP contribution in [0.25, 0.3) is 11.1 Å². The molecule has 6 aromatic rings. The summed E-state index contributed by atoms with van der Waals surface area (Å²) < 4.78 is 0. The van der Waals surface area contributed by atoms with Gasteiger partial charge in [-0.15, -0.1) is 0 Å². The Morgan fingerprint density at radius 3 is 1.17 bits per heavy atom. The molecule has 0 spiro atoms. The molecular weight excluding hydrogens is 560 g/mol. The smallest absolute Gasteiger partial charge is 0.150 e. The predicted molar refractivity (Wildman–Crippen MR) is 195 cm³/mol. The van der Waals surface area contributed by atoms with Gasteiger partial charge < -0.3 is 9.80 Å². The zero-order valence-electron chi connectivity index (χ0n) is 27.5. The lowest BCUT2D eigenvalue weighted by atomic mass is 9.98. The van der Waals surface area contributed by atoms with Crippen molar-refractivity contribution in [2.75, 3.05) is 9.80 Å². The summed E-state index contributed by atoms with van der Waals surface area (Å²) in [6, 6.07) is 45.4. The van der Waals surface area contributed by atoms with Gasteiger partial charge in [0.05, 0.1) is 0 Å². The summed E-state index contributed by atoms with van der Waals surface area (Å²) in [7, 11) is 0. The molecule has 3 nitrogen and oxygen atoms in total. The molecule has 3 heteroatoms. The Kier molecular flexibility index (Phi) is 8.59. The predicted octanol–water partition coefficient (Wildman–Crippen LogP) is 12.0. The van der Waals surface area contributed by atoms with Gasteiger partial charge in [0.25, 0.3) is 0 Å². The first-order chi connectivity index (χ1) is 22.2. The van der Waals surface area contributed by atoms with E-state index in [0.717, 1.165) is 46.0 Å². The molecule has 0 fully saturated rings. The molecule has 6 aromatic carbocycles. The van der Waals surface area contributed by atoms with Gasteiger partial charge in [-0.25, -0.2) is 0 Å². The number of aryl methyl sites for hydroxylation is 6. The number of hydrogen-bond donors (Lipinski definition) is 0. The summed E-state index contributed by atoms with van der Waals surface area (Å²) >= 11 is 0. The lowest BCUT2D eigenvalue weighted by Gasteiger charge is -2.29. The molecule has 0 aliphatic heterocycles. The minimum absolute atomic E-state index is 0.710. The van der Waals surface area contributed by atoms with Crippen LogP contribution in [-0.4, -0.2) is 6.29 Å². The van der Waals surface area contributed by atoms with E-state index in [1.54, 1.807) is 0 Å². The fourth-order valence-electron chi connectivity index (χ4n) is 6.26. The molecular formula is C43H40N2O. The SMILES string of the molecule is Cc1cccc(N(c2cccc(C)c2)c2ccc(-c3ccc(N(c4cccc(C)c4)c4ccc(C=O)c(C)c4)c(C)c3)cc2C)c1. The summed E-state index contributed by atoms with van der Waals surface area (Å²) in [6.45, 7) is 12.8. The van der Waals surface area contributed by atoms with Crippen molar-refractivity contribution in [2.24, 2.45) is 0 Å². The minimum Gasteiger partial charge on any atom is -0.310 e. The van der Waals surface area contributed by atoms with E-state index in [1.807, 2.05) is 19.1 Å². The van der Waals surface area contributed by atoms with Crippen LogP contribution in [0.2, 0.25) is 0 Å². The molecule has 0 saturated carbocycles. The van der Waals surface area contributed by atoms with Gasteiger partial charge in [-0.3, -0.25) is 4.79 Å².